The fraction of sp³-hybridized carbons (Fsp3) is 0.538. The number of fused-ring (bicyclic) bond motifs is 1. The smallest absolute Gasteiger partial charge is 0.162 e. The highest BCUT2D eigenvalue weighted by Gasteiger charge is 2.25. The minimum absolute atomic E-state index is 0.0242. The Morgan fingerprint density at radius 1 is 1.24 bits per heavy atom. The fourth-order valence-electron chi connectivity index (χ4n) is 1.95. The monoisotopic (exact) mass is 318 g/mol. The van der Waals surface area contributed by atoms with Gasteiger partial charge in [0.1, 0.15) is 13.2 Å². The van der Waals surface area contributed by atoms with Crippen molar-refractivity contribution in [3.8, 4) is 11.5 Å². The topological polar surface area (TPSA) is 18.5 Å². The largest absolute Gasteiger partial charge is 0.486 e. The molecule has 0 unspecified atom stereocenters. The Kier molecular flexibility index (Phi) is 3.88. The van der Waals surface area contributed by atoms with Gasteiger partial charge in [0, 0.05) is 10.4 Å². The highest BCUT2D eigenvalue weighted by molar-refractivity contribution is 9.10. The number of ether oxygens (including phenoxy) is 2. The molecule has 1 heterocycles. The van der Waals surface area contributed by atoms with E-state index < -0.39 is 0 Å². The first-order valence-corrected chi connectivity index (χ1v) is 7.03. The number of rotatable bonds is 3. The summed E-state index contributed by atoms with van der Waals surface area (Å²) >= 11 is 9.46. The molecule has 4 heteroatoms. The van der Waals surface area contributed by atoms with Crippen LogP contribution < -0.4 is 9.47 Å². The summed E-state index contributed by atoms with van der Waals surface area (Å²) in [5, 5.41) is 0. The van der Waals surface area contributed by atoms with Crippen LogP contribution in [0.3, 0.4) is 0 Å². The third kappa shape index (κ3) is 2.71. The van der Waals surface area contributed by atoms with Crippen LogP contribution in [0.15, 0.2) is 16.6 Å². The molecule has 1 aromatic carbocycles. The van der Waals surface area contributed by atoms with Crippen molar-refractivity contribution in [2.75, 3.05) is 19.1 Å². The Bertz CT molecular complexity index is 418. The van der Waals surface area contributed by atoms with E-state index in [0.717, 1.165) is 22.4 Å². The van der Waals surface area contributed by atoms with Crippen LogP contribution in [0.25, 0.3) is 0 Å². The summed E-state index contributed by atoms with van der Waals surface area (Å²) in [6.45, 7) is 5.60. The van der Waals surface area contributed by atoms with Gasteiger partial charge in [0.2, 0.25) is 0 Å². The lowest BCUT2D eigenvalue weighted by Crippen LogP contribution is -2.21. The summed E-state index contributed by atoms with van der Waals surface area (Å²) in [7, 11) is 0. The predicted octanol–water partition coefficient (Wildman–Crippen LogP) is 4.13. The molecule has 0 atom stereocenters. The molecular weight excluding hydrogens is 303 g/mol. The van der Waals surface area contributed by atoms with Crippen LogP contribution in [0.2, 0.25) is 0 Å². The molecule has 2 nitrogen and oxygen atoms in total. The van der Waals surface area contributed by atoms with Crippen LogP contribution in [0, 0.1) is 0 Å². The van der Waals surface area contributed by atoms with Gasteiger partial charge in [-0.3, -0.25) is 0 Å². The number of alkyl halides is 1. The number of hydrogen-bond donors (Lipinski definition) is 0. The Labute approximate surface area is 115 Å². The van der Waals surface area contributed by atoms with E-state index in [2.05, 4.69) is 35.8 Å². The fourth-order valence-corrected chi connectivity index (χ4v) is 3.29. The van der Waals surface area contributed by atoms with E-state index in [1.54, 1.807) is 0 Å². The molecule has 0 aromatic heterocycles. The van der Waals surface area contributed by atoms with E-state index >= 15 is 0 Å². The summed E-state index contributed by atoms with van der Waals surface area (Å²) in [4.78, 5) is 0. The van der Waals surface area contributed by atoms with Gasteiger partial charge in [-0.05, 0) is 29.5 Å². The lowest BCUT2D eigenvalue weighted by Gasteiger charge is -2.28. The van der Waals surface area contributed by atoms with Crippen molar-refractivity contribution in [3.63, 3.8) is 0 Å². The molecule has 0 saturated heterocycles. The standard InChI is InChI=1S/C13H16BrClO2/c1-13(2,3-4-15)9-7-11-12(8-10(9)14)17-6-5-16-11/h7-8H,3-6H2,1-2H3. The first-order chi connectivity index (χ1) is 8.04. The minimum atomic E-state index is 0.0242. The second kappa shape index (κ2) is 5.07. The predicted molar refractivity (Wildman–Crippen MR) is 73.5 cm³/mol. The van der Waals surface area contributed by atoms with Crippen molar-refractivity contribution in [1.82, 2.24) is 0 Å². The van der Waals surface area contributed by atoms with Gasteiger partial charge >= 0.3 is 0 Å². The summed E-state index contributed by atoms with van der Waals surface area (Å²) in [5.74, 6) is 2.29. The summed E-state index contributed by atoms with van der Waals surface area (Å²) < 4.78 is 12.2. The molecule has 1 aliphatic rings. The molecular formula is C13H16BrClO2. The third-order valence-corrected chi connectivity index (χ3v) is 3.93. The second-order valence-electron chi connectivity index (χ2n) is 4.80. The average molecular weight is 320 g/mol. The van der Waals surface area contributed by atoms with Crippen molar-refractivity contribution in [2.24, 2.45) is 0 Å². The summed E-state index contributed by atoms with van der Waals surface area (Å²) in [6, 6.07) is 4.05. The van der Waals surface area contributed by atoms with Crippen molar-refractivity contribution in [2.45, 2.75) is 25.7 Å². The number of halogens is 2. The molecule has 0 amide bonds. The zero-order chi connectivity index (χ0) is 12.5. The van der Waals surface area contributed by atoms with Crippen LogP contribution >= 0.6 is 27.5 Å². The molecule has 2 rings (SSSR count). The lowest BCUT2D eigenvalue weighted by molar-refractivity contribution is 0.171. The van der Waals surface area contributed by atoms with Gasteiger partial charge in [-0.1, -0.05) is 29.8 Å². The molecule has 0 saturated carbocycles. The Morgan fingerprint density at radius 3 is 2.41 bits per heavy atom. The molecule has 0 aliphatic carbocycles. The molecule has 17 heavy (non-hydrogen) atoms. The van der Waals surface area contributed by atoms with Crippen LogP contribution in [-0.2, 0) is 5.41 Å². The first-order valence-electron chi connectivity index (χ1n) is 5.70. The zero-order valence-electron chi connectivity index (χ0n) is 10.1. The molecule has 0 fully saturated rings. The SMILES string of the molecule is CC(C)(CCCl)c1cc2c(cc1Br)OCCO2. The van der Waals surface area contributed by atoms with E-state index in [9.17, 15) is 0 Å². The Hall–Kier alpha value is -0.410. The average Bonchev–Trinajstić information content (AvgIpc) is 2.27. The first kappa shape index (κ1) is 13.0. The van der Waals surface area contributed by atoms with E-state index in [1.807, 2.05) is 6.07 Å². The van der Waals surface area contributed by atoms with Gasteiger partial charge in [0.15, 0.2) is 11.5 Å². The quantitative estimate of drug-likeness (QED) is 0.780. The maximum atomic E-state index is 5.86. The number of hydrogen-bond acceptors (Lipinski definition) is 2. The van der Waals surface area contributed by atoms with E-state index in [0.29, 0.717) is 19.1 Å². The Balaban J connectivity index is 2.41. The van der Waals surface area contributed by atoms with Crippen LogP contribution in [0.1, 0.15) is 25.8 Å². The molecule has 0 spiro atoms. The Morgan fingerprint density at radius 2 is 1.82 bits per heavy atom. The highest BCUT2D eigenvalue weighted by atomic mass is 79.9. The van der Waals surface area contributed by atoms with Gasteiger partial charge in [-0.15, -0.1) is 11.6 Å². The van der Waals surface area contributed by atoms with E-state index in [1.165, 1.54) is 5.56 Å². The van der Waals surface area contributed by atoms with Gasteiger partial charge in [-0.2, -0.15) is 0 Å². The maximum absolute atomic E-state index is 5.86. The van der Waals surface area contributed by atoms with Crippen molar-refractivity contribution in [3.05, 3.63) is 22.2 Å². The van der Waals surface area contributed by atoms with Crippen LogP contribution in [-0.4, -0.2) is 19.1 Å². The van der Waals surface area contributed by atoms with Gasteiger partial charge in [0.25, 0.3) is 0 Å². The lowest BCUT2D eigenvalue weighted by atomic mass is 9.82. The molecule has 1 aromatic rings. The van der Waals surface area contributed by atoms with E-state index in [4.69, 9.17) is 21.1 Å². The maximum Gasteiger partial charge on any atom is 0.162 e. The minimum Gasteiger partial charge on any atom is -0.486 e. The van der Waals surface area contributed by atoms with Crippen molar-refractivity contribution >= 4 is 27.5 Å². The molecule has 1 aliphatic heterocycles. The molecule has 0 bridgehead atoms. The molecule has 94 valence electrons. The molecule has 0 radical (unpaired) electrons. The zero-order valence-corrected chi connectivity index (χ0v) is 12.4. The second-order valence-corrected chi connectivity index (χ2v) is 6.03. The summed E-state index contributed by atoms with van der Waals surface area (Å²) in [5.41, 5.74) is 1.23. The van der Waals surface area contributed by atoms with Gasteiger partial charge < -0.3 is 9.47 Å². The van der Waals surface area contributed by atoms with Gasteiger partial charge in [-0.25, -0.2) is 0 Å². The molecule has 0 N–H and O–H groups in total. The van der Waals surface area contributed by atoms with Crippen LogP contribution in [0.4, 0.5) is 0 Å². The number of benzene rings is 1. The van der Waals surface area contributed by atoms with E-state index in [-0.39, 0.29) is 5.41 Å². The van der Waals surface area contributed by atoms with Crippen molar-refractivity contribution < 1.29 is 9.47 Å². The van der Waals surface area contributed by atoms with Crippen molar-refractivity contribution in [1.29, 1.82) is 0 Å². The third-order valence-electron chi connectivity index (χ3n) is 3.08. The normalized spacial score (nSPS) is 14.8. The van der Waals surface area contributed by atoms with Gasteiger partial charge in [0.05, 0.1) is 0 Å². The summed E-state index contributed by atoms with van der Waals surface area (Å²) in [6.07, 6.45) is 0.923. The van der Waals surface area contributed by atoms with Crippen LogP contribution in [0.5, 0.6) is 11.5 Å². The highest BCUT2D eigenvalue weighted by Crippen LogP contribution is 2.41.